The standard InChI is InChI=1S/C14H13ClN2O3/c1-10(20-13-7-2-3-8-17(13)19)14(18)16-12-6-4-5-11(15)9-12/h2-10H,1H3,(H,16,18)/t10-/m0/s1. The molecule has 2 rings (SSSR count). The average molecular weight is 293 g/mol. The second-order valence-corrected chi connectivity index (χ2v) is 4.56. The van der Waals surface area contributed by atoms with E-state index in [4.69, 9.17) is 16.3 Å². The summed E-state index contributed by atoms with van der Waals surface area (Å²) in [4.78, 5) is 11.9. The van der Waals surface area contributed by atoms with E-state index in [2.05, 4.69) is 5.32 Å². The van der Waals surface area contributed by atoms with Gasteiger partial charge in [-0.05, 0) is 31.2 Å². The molecule has 0 unspecified atom stereocenters. The molecule has 104 valence electrons. The number of pyridine rings is 1. The summed E-state index contributed by atoms with van der Waals surface area (Å²) >= 11 is 5.83. The second-order valence-electron chi connectivity index (χ2n) is 4.12. The maximum atomic E-state index is 11.9. The Labute approximate surface area is 121 Å². The van der Waals surface area contributed by atoms with Crippen LogP contribution in [-0.2, 0) is 4.79 Å². The third-order valence-electron chi connectivity index (χ3n) is 2.55. The summed E-state index contributed by atoms with van der Waals surface area (Å²) in [6.45, 7) is 1.56. The monoisotopic (exact) mass is 292 g/mol. The fourth-order valence-corrected chi connectivity index (χ4v) is 1.74. The van der Waals surface area contributed by atoms with Crippen LogP contribution in [0.1, 0.15) is 6.92 Å². The smallest absolute Gasteiger partial charge is 0.380 e. The van der Waals surface area contributed by atoms with Crippen molar-refractivity contribution in [3.8, 4) is 5.88 Å². The molecule has 1 atom stereocenters. The van der Waals surface area contributed by atoms with Crippen molar-refractivity contribution in [1.82, 2.24) is 0 Å². The molecule has 0 bridgehead atoms. The van der Waals surface area contributed by atoms with E-state index in [9.17, 15) is 10.0 Å². The van der Waals surface area contributed by atoms with Crippen molar-refractivity contribution in [3.05, 3.63) is 58.9 Å². The molecule has 6 heteroatoms. The molecule has 0 saturated carbocycles. The average Bonchev–Trinajstić information content (AvgIpc) is 2.41. The molecule has 1 aromatic carbocycles. The van der Waals surface area contributed by atoms with E-state index in [-0.39, 0.29) is 11.8 Å². The van der Waals surface area contributed by atoms with Gasteiger partial charge >= 0.3 is 5.88 Å². The van der Waals surface area contributed by atoms with Crippen molar-refractivity contribution in [1.29, 1.82) is 0 Å². The van der Waals surface area contributed by atoms with Gasteiger partial charge in [-0.25, -0.2) is 0 Å². The Morgan fingerprint density at radius 1 is 1.35 bits per heavy atom. The second kappa shape index (κ2) is 6.25. The highest BCUT2D eigenvalue weighted by molar-refractivity contribution is 6.30. The summed E-state index contributed by atoms with van der Waals surface area (Å²) in [5, 5.41) is 14.6. The fraction of sp³-hybridized carbons (Fsp3) is 0.143. The van der Waals surface area contributed by atoms with Gasteiger partial charge < -0.3 is 15.3 Å². The van der Waals surface area contributed by atoms with Crippen molar-refractivity contribution in [2.45, 2.75) is 13.0 Å². The number of nitrogens with one attached hydrogen (secondary N) is 1. The molecule has 20 heavy (non-hydrogen) atoms. The van der Waals surface area contributed by atoms with Gasteiger partial charge in [0.05, 0.1) is 6.07 Å². The van der Waals surface area contributed by atoms with E-state index >= 15 is 0 Å². The van der Waals surface area contributed by atoms with Gasteiger partial charge in [0.1, 0.15) is 0 Å². The Hall–Kier alpha value is -2.27. The van der Waals surface area contributed by atoms with E-state index in [1.165, 1.54) is 12.3 Å². The Morgan fingerprint density at radius 3 is 2.85 bits per heavy atom. The molecule has 0 spiro atoms. The zero-order valence-electron chi connectivity index (χ0n) is 10.7. The number of rotatable bonds is 4. The summed E-state index contributed by atoms with van der Waals surface area (Å²) < 4.78 is 5.87. The Kier molecular flexibility index (Phi) is 4.42. The number of aromatic nitrogens is 1. The number of amides is 1. The molecular weight excluding hydrogens is 280 g/mol. The van der Waals surface area contributed by atoms with Crippen LogP contribution in [0.4, 0.5) is 5.69 Å². The summed E-state index contributed by atoms with van der Waals surface area (Å²) in [7, 11) is 0. The fourth-order valence-electron chi connectivity index (χ4n) is 1.55. The minimum absolute atomic E-state index is 0.0706. The first-order chi connectivity index (χ1) is 9.56. The number of hydrogen-bond acceptors (Lipinski definition) is 3. The van der Waals surface area contributed by atoms with E-state index in [1.54, 1.807) is 43.3 Å². The number of anilines is 1. The highest BCUT2D eigenvalue weighted by Crippen LogP contribution is 2.15. The van der Waals surface area contributed by atoms with Gasteiger partial charge in [0, 0.05) is 16.8 Å². The molecule has 1 aromatic heterocycles. The first kappa shape index (κ1) is 14.1. The molecule has 1 heterocycles. The quantitative estimate of drug-likeness (QED) is 0.695. The van der Waals surface area contributed by atoms with E-state index in [0.29, 0.717) is 15.4 Å². The lowest BCUT2D eigenvalue weighted by atomic mass is 10.3. The predicted octanol–water partition coefficient (Wildman–Crippen LogP) is 2.38. The van der Waals surface area contributed by atoms with Gasteiger partial charge in [0.2, 0.25) is 0 Å². The number of halogens is 1. The number of nitrogens with zero attached hydrogens (tertiary/aromatic N) is 1. The lowest BCUT2D eigenvalue weighted by molar-refractivity contribution is -0.613. The van der Waals surface area contributed by atoms with Crippen molar-refractivity contribution in [2.24, 2.45) is 0 Å². The van der Waals surface area contributed by atoms with E-state index in [1.807, 2.05) is 0 Å². The maximum absolute atomic E-state index is 11.9. The molecule has 0 aliphatic heterocycles. The number of carbonyl (C=O) groups excluding carboxylic acids is 1. The molecule has 0 radical (unpaired) electrons. The van der Waals surface area contributed by atoms with Crippen LogP contribution >= 0.6 is 11.6 Å². The highest BCUT2D eigenvalue weighted by atomic mass is 35.5. The molecule has 5 nitrogen and oxygen atoms in total. The van der Waals surface area contributed by atoms with Crippen LogP contribution in [0.25, 0.3) is 0 Å². The van der Waals surface area contributed by atoms with Crippen LogP contribution in [0.15, 0.2) is 48.7 Å². The normalized spacial score (nSPS) is 11.7. The Morgan fingerprint density at radius 2 is 2.15 bits per heavy atom. The summed E-state index contributed by atoms with van der Waals surface area (Å²) in [5.74, 6) is -0.294. The molecule has 0 fully saturated rings. The summed E-state index contributed by atoms with van der Waals surface area (Å²) in [6, 6.07) is 11.5. The first-order valence-electron chi connectivity index (χ1n) is 5.97. The van der Waals surface area contributed by atoms with Gasteiger partial charge in [-0.2, -0.15) is 0 Å². The van der Waals surface area contributed by atoms with Gasteiger partial charge in [-0.1, -0.05) is 17.7 Å². The third kappa shape index (κ3) is 3.61. The molecule has 0 saturated heterocycles. The minimum Gasteiger partial charge on any atom is -0.616 e. The van der Waals surface area contributed by atoms with Crippen molar-refractivity contribution in [2.75, 3.05) is 5.32 Å². The topological polar surface area (TPSA) is 65.3 Å². The van der Waals surface area contributed by atoms with Gasteiger partial charge in [0.15, 0.2) is 12.3 Å². The van der Waals surface area contributed by atoms with Gasteiger partial charge in [-0.3, -0.25) is 4.79 Å². The lowest BCUT2D eigenvalue weighted by Crippen LogP contribution is -2.36. The molecule has 2 aromatic rings. The van der Waals surface area contributed by atoms with Crippen molar-refractivity contribution in [3.63, 3.8) is 0 Å². The van der Waals surface area contributed by atoms with Crippen LogP contribution < -0.4 is 14.8 Å². The number of carbonyl (C=O) groups is 1. The van der Waals surface area contributed by atoms with Crippen LogP contribution in [0.3, 0.4) is 0 Å². The van der Waals surface area contributed by atoms with Crippen LogP contribution in [0.5, 0.6) is 5.88 Å². The molecule has 0 aliphatic carbocycles. The van der Waals surface area contributed by atoms with Gasteiger partial charge in [-0.15, -0.1) is 4.73 Å². The maximum Gasteiger partial charge on any atom is 0.380 e. The number of benzene rings is 1. The Bertz CT molecular complexity index is 619. The SMILES string of the molecule is C[C@H](Oc1cccc[n+]1[O-])C(=O)Nc1cccc(Cl)c1. The Balaban J connectivity index is 2.01. The van der Waals surface area contributed by atoms with Crippen LogP contribution in [-0.4, -0.2) is 12.0 Å². The summed E-state index contributed by atoms with van der Waals surface area (Å²) in [6.07, 6.45) is 0.494. The first-order valence-corrected chi connectivity index (χ1v) is 6.35. The molecule has 1 N–H and O–H groups in total. The number of hydrogen-bond donors (Lipinski definition) is 1. The van der Waals surface area contributed by atoms with Crippen molar-refractivity contribution >= 4 is 23.2 Å². The highest BCUT2D eigenvalue weighted by Gasteiger charge is 2.18. The molecular formula is C14H13ClN2O3. The predicted molar refractivity (Wildman–Crippen MR) is 75.6 cm³/mol. The number of ether oxygens (including phenoxy) is 1. The lowest BCUT2D eigenvalue weighted by Gasteiger charge is -2.13. The molecule has 0 aliphatic rings. The third-order valence-corrected chi connectivity index (χ3v) is 2.78. The largest absolute Gasteiger partial charge is 0.616 e. The summed E-state index contributed by atoms with van der Waals surface area (Å²) in [5.41, 5.74) is 0.570. The van der Waals surface area contributed by atoms with Crippen LogP contribution in [0.2, 0.25) is 5.02 Å². The van der Waals surface area contributed by atoms with E-state index in [0.717, 1.165) is 0 Å². The van der Waals surface area contributed by atoms with Gasteiger partial charge in [0.25, 0.3) is 5.91 Å². The van der Waals surface area contributed by atoms with E-state index < -0.39 is 6.10 Å². The van der Waals surface area contributed by atoms with Crippen molar-refractivity contribution < 1.29 is 14.3 Å². The zero-order chi connectivity index (χ0) is 14.5. The zero-order valence-corrected chi connectivity index (χ0v) is 11.5. The molecule has 1 amide bonds. The minimum atomic E-state index is -0.809. The van der Waals surface area contributed by atoms with Crippen LogP contribution in [0, 0.1) is 5.21 Å².